The molecular formula is C46H33N3. The lowest BCUT2D eigenvalue weighted by atomic mass is 9.96. The average Bonchev–Trinajstić information content (AvgIpc) is 3.52. The molecule has 0 bridgehead atoms. The van der Waals surface area contributed by atoms with Gasteiger partial charge in [0.25, 0.3) is 0 Å². The molecule has 0 aliphatic heterocycles. The van der Waals surface area contributed by atoms with Crippen LogP contribution >= 0.6 is 0 Å². The number of hydrogen-bond acceptors (Lipinski definition) is 2. The van der Waals surface area contributed by atoms with E-state index in [0.29, 0.717) is 0 Å². The lowest BCUT2D eigenvalue weighted by Gasteiger charge is -2.16. The third-order valence-corrected chi connectivity index (χ3v) is 9.85. The zero-order valence-corrected chi connectivity index (χ0v) is 27.3. The quantitative estimate of drug-likeness (QED) is 0.178. The van der Waals surface area contributed by atoms with E-state index in [2.05, 4.69) is 155 Å². The van der Waals surface area contributed by atoms with E-state index in [1.165, 1.54) is 54.5 Å². The third kappa shape index (κ3) is 4.74. The van der Waals surface area contributed by atoms with Crippen LogP contribution in [0.3, 0.4) is 0 Å². The van der Waals surface area contributed by atoms with Gasteiger partial charge >= 0.3 is 0 Å². The maximum absolute atomic E-state index is 4.61. The largest absolute Gasteiger partial charge is 0.309 e. The normalized spacial score (nSPS) is 12.6. The SMILES string of the molecule is C=c1/c(=C\C=C(/CC)c2cc(-c3cccnc3)cc(-n3c4ccccc4c4c5ccccc5c5ccccc5c43)c2)ccc2cccnc12. The first-order valence-corrected chi connectivity index (χ1v) is 16.8. The monoisotopic (exact) mass is 627 g/mol. The molecule has 0 amide bonds. The number of allylic oxidation sites excluding steroid dienone is 2. The molecule has 0 saturated heterocycles. The summed E-state index contributed by atoms with van der Waals surface area (Å²) in [6.07, 6.45) is 10.9. The maximum Gasteiger partial charge on any atom is 0.0774 e. The van der Waals surface area contributed by atoms with E-state index in [9.17, 15) is 0 Å². The number of aromatic nitrogens is 3. The molecule has 0 saturated carbocycles. The lowest BCUT2D eigenvalue weighted by Crippen LogP contribution is -2.23. The Labute approximate surface area is 284 Å². The summed E-state index contributed by atoms with van der Waals surface area (Å²) >= 11 is 0. The van der Waals surface area contributed by atoms with E-state index >= 15 is 0 Å². The fourth-order valence-corrected chi connectivity index (χ4v) is 7.51. The number of nitrogens with zero attached hydrogens (tertiary/aromatic N) is 3. The summed E-state index contributed by atoms with van der Waals surface area (Å²) in [5.74, 6) is 0. The standard InChI is InChI=1S/C46H33N3/c1-3-31(20-21-32-22-23-33-12-11-25-48-45(33)30(32)2)35-26-36(34-13-10-24-47-29-34)28-37(27-35)49-43-19-9-8-18-42(43)44-40-16-6-4-14-38(40)39-15-5-7-17-41(39)46(44)49/h4-29H,2-3H2,1H3/b31-20+,32-21-. The minimum Gasteiger partial charge on any atom is -0.309 e. The number of fused-ring (bicyclic) bond motifs is 9. The van der Waals surface area contributed by atoms with Gasteiger partial charge in [-0.1, -0.05) is 117 Å². The molecule has 0 spiro atoms. The van der Waals surface area contributed by atoms with Gasteiger partial charge < -0.3 is 4.57 Å². The first kappa shape index (κ1) is 28.9. The molecule has 0 fully saturated rings. The van der Waals surface area contributed by atoms with E-state index in [-0.39, 0.29) is 0 Å². The Morgan fingerprint density at radius 1 is 0.694 bits per heavy atom. The van der Waals surface area contributed by atoms with Gasteiger partial charge in [0.2, 0.25) is 0 Å². The molecule has 6 aromatic carbocycles. The van der Waals surface area contributed by atoms with Crippen molar-refractivity contribution < 1.29 is 0 Å². The van der Waals surface area contributed by atoms with Crippen molar-refractivity contribution in [3.8, 4) is 16.8 Å². The molecule has 0 aliphatic carbocycles. The minimum absolute atomic E-state index is 0.867. The molecule has 0 N–H and O–H groups in total. The van der Waals surface area contributed by atoms with Crippen molar-refractivity contribution in [1.82, 2.24) is 14.5 Å². The van der Waals surface area contributed by atoms with Gasteiger partial charge in [0, 0.05) is 56.6 Å². The summed E-state index contributed by atoms with van der Waals surface area (Å²) in [6, 6.07) is 45.9. The van der Waals surface area contributed by atoms with Crippen LogP contribution in [-0.2, 0) is 0 Å². The van der Waals surface area contributed by atoms with Gasteiger partial charge in [0.05, 0.1) is 16.6 Å². The van der Waals surface area contributed by atoms with Gasteiger partial charge in [-0.3, -0.25) is 9.97 Å². The number of rotatable bonds is 5. The predicted octanol–water partition coefficient (Wildman–Crippen LogP) is 10.4. The van der Waals surface area contributed by atoms with Crippen LogP contribution in [0, 0.1) is 0 Å². The van der Waals surface area contributed by atoms with Crippen molar-refractivity contribution in [2.24, 2.45) is 0 Å². The molecule has 0 unspecified atom stereocenters. The van der Waals surface area contributed by atoms with E-state index in [4.69, 9.17) is 0 Å². The van der Waals surface area contributed by atoms with Crippen molar-refractivity contribution >= 4 is 72.5 Å². The van der Waals surface area contributed by atoms with Gasteiger partial charge in [0.1, 0.15) is 0 Å². The number of para-hydroxylation sites is 1. The summed E-state index contributed by atoms with van der Waals surface area (Å²) in [5, 5.41) is 10.7. The molecule has 3 heteroatoms. The highest BCUT2D eigenvalue weighted by atomic mass is 15.0. The van der Waals surface area contributed by atoms with Crippen LogP contribution in [0.1, 0.15) is 18.9 Å². The highest BCUT2D eigenvalue weighted by Crippen LogP contribution is 2.43. The Morgan fingerprint density at radius 2 is 1.43 bits per heavy atom. The number of pyridine rings is 2. The smallest absolute Gasteiger partial charge is 0.0774 e. The number of benzene rings is 6. The summed E-state index contributed by atoms with van der Waals surface area (Å²) in [7, 11) is 0. The molecular weight excluding hydrogens is 595 g/mol. The molecule has 3 nitrogen and oxygen atoms in total. The Bertz CT molecular complexity index is 2880. The first-order valence-electron chi connectivity index (χ1n) is 16.8. The second-order valence-corrected chi connectivity index (χ2v) is 12.6. The number of hydrogen-bond donors (Lipinski definition) is 0. The Hall–Kier alpha value is -6.32. The predicted molar refractivity (Wildman–Crippen MR) is 208 cm³/mol. The molecule has 232 valence electrons. The van der Waals surface area contributed by atoms with Crippen molar-refractivity contribution in [1.29, 1.82) is 0 Å². The summed E-state index contributed by atoms with van der Waals surface area (Å²) < 4.78 is 2.48. The molecule has 0 aliphatic rings. The van der Waals surface area contributed by atoms with E-state index in [1.807, 2.05) is 30.7 Å². The molecule has 0 atom stereocenters. The second kappa shape index (κ2) is 11.7. The average molecular weight is 628 g/mol. The van der Waals surface area contributed by atoms with Crippen LogP contribution in [0.5, 0.6) is 0 Å². The zero-order chi connectivity index (χ0) is 32.9. The summed E-state index contributed by atoms with van der Waals surface area (Å²) in [4.78, 5) is 9.10. The molecule has 3 aromatic heterocycles. The van der Waals surface area contributed by atoms with Gasteiger partial charge in [-0.25, -0.2) is 0 Å². The molecule has 0 radical (unpaired) electrons. The summed E-state index contributed by atoms with van der Waals surface area (Å²) in [5.41, 5.74) is 9.10. The van der Waals surface area contributed by atoms with E-state index < -0.39 is 0 Å². The highest BCUT2D eigenvalue weighted by Gasteiger charge is 2.19. The van der Waals surface area contributed by atoms with Gasteiger partial charge in [-0.15, -0.1) is 0 Å². The van der Waals surface area contributed by atoms with E-state index in [0.717, 1.165) is 44.6 Å². The van der Waals surface area contributed by atoms with Crippen LogP contribution < -0.4 is 10.4 Å². The van der Waals surface area contributed by atoms with Crippen LogP contribution in [0.2, 0.25) is 0 Å². The van der Waals surface area contributed by atoms with Crippen LogP contribution in [-0.4, -0.2) is 14.5 Å². The van der Waals surface area contributed by atoms with Gasteiger partial charge in [-0.05, 0) is 80.9 Å². The molecule has 9 aromatic rings. The maximum atomic E-state index is 4.61. The Kier molecular flexibility index (Phi) is 6.91. The minimum atomic E-state index is 0.867. The third-order valence-electron chi connectivity index (χ3n) is 9.85. The highest BCUT2D eigenvalue weighted by molar-refractivity contribution is 6.32. The molecule has 49 heavy (non-hydrogen) atoms. The van der Waals surface area contributed by atoms with Crippen molar-refractivity contribution in [3.63, 3.8) is 0 Å². The van der Waals surface area contributed by atoms with Crippen molar-refractivity contribution in [3.05, 3.63) is 168 Å². The molecule has 9 rings (SSSR count). The zero-order valence-electron chi connectivity index (χ0n) is 27.3. The van der Waals surface area contributed by atoms with Gasteiger partial charge in [0.15, 0.2) is 0 Å². The fourth-order valence-electron chi connectivity index (χ4n) is 7.51. The summed E-state index contributed by atoms with van der Waals surface area (Å²) in [6.45, 7) is 6.62. The van der Waals surface area contributed by atoms with Gasteiger partial charge in [-0.2, -0.15) is 0 Å². The lowest BCUT2D eigenvalue weighted by molar-refractivity contribution is 1.17. The molecule has 3 heterocycles. The fraction of sp³-hybridized carbons (Fsp3) is 0.0435. The Balaban J connectivity index is 1.36. The second-order valence-electron chi connectivity index (χ2n) is 12.6. The van der Waals surface area contributed by atoms with Crippen LogP contribution in [0.25, 0.3) is 89.3 Å². The van der Waals surface area contributed by atoms with Crippen molar-refractivity contribution in [2.75, 3.05) is 0 Å². The Morgan fingerprint density at radius 3 is 2.22 bits per heavy atom. The topological polar surface area (TPSA) is 30.7 Å². The van der Waals surface area contributed by atoms with Crippen LogP contribution in [0.15, 0.2) is 152 Å². The van der Waals surface area contributed by atoms with E-state index in [1.54, 1.807) is 0 Å². The first-order chi connectivity index (χ1) is 24.2. The van der Waals surface area contributed by atoms with Crippen molar-refractivity contribution in [2.45, 2.75) is 13.3 Å². The van der Waals surface area contributed by atoms with Crippen LogP contribution in [0.4, 0.5) is 0 Å².